The van der Waals surface area contributed by atoms with E-state index in [-0.39, 0.29) is 41.5 Å². The Hall–Kier alpha value is -5.18. The Labute approximate surface area is 316 Å². The standard InChI is InChI=1S/C41H48ClN7O4/c1-26(40(2,3)4)48(39(52)53)35(21-27-11-8-7-9-12-27)29-16-19-34-33(22-29)45-38(46-36(50)28-14-17-31(42)18-15-28)49(34)32-13-10-20-47(25-32)37(51)30(24-43)23-41(5,6)44/h7-9,11-12,14-19,22-23,26,32,35H,10,13,20-21,25,44H2,1-6H3,(H,52,53)(H,45,46,50)/t26-,32?,35?/m0/s1. The molecule has 3 atom stereocenters. The van der Waals surface area contributed by atoms with Crippen LogP contribution in [0.1, 0.15) is 88.0 Å². The van der Waals surface area contributed by atoms with E-state index in [1.54, 1.807) is 43.0 Å². The summed E-state index contributed by atoms with van der Waals surface area (Å²) in [7, 11) is 0. The van der Waals surface area contributed by atoms with E-state index in [0.29, 0.717) is 47.4 Å². The smallest absolute Gasteiger partial charge is 0.408 e. The molecule has 278 valence electrons. The highest BCUT2D eigenvalue weighted by molar-refractivity contribution is 6.30. The molecule has 0 bridgehead atoms. The van der Waals surface area contributed by atoms with E-state index in [2.05, 4.69) is 5.32 Å². The maximum Gasteiger partial charge on any atom is 0.408 e. The maximum absolute atomic E-state index is 13.6. The molecule has 4 N–H and O–H groups in total. The van der Waals surface area contributed by atoms with E-state index in [4.69, 9.17) is 22.3 Å². The van der Waals surface area contributed by atoms with E-state index in [0.717, 1.165) is 11.1 Å². The predicted molar refractivity (Wildman–Crippen MR) is 208 cm³/mol. The fourth-order valence-electron chi connectivity index (χ4n) is 6.79. The first-order valence-electron chi connectivity index (χ1n) is 17.8. The number of nitriles is 1. The molecule has 1 aliphatic heterocycles. The van der Waals surface area contributed by atoms with Crippen LogP contribution in [0, 0.1) is 16.7 Å². The van der Waals surface area contributed by atoms with Crippen LogP contribution in [-0.2, 0) is 11.2 Å². The summed E-state index contributed by atoms with van der Waals surface area (Å²) in [6.45, 7) is 12.2. The first kappa shape index (κ1) is 39.0. The second kappa shape index (κ2) is 15.8. The summed E-state index contributed by atoms with van der Waals surface area (Å²) in [5, 5.41) is 24.0. The molecule has 2 unspecified atom stereocenters. The number of halogens is 1. The first-order chi connectivity index (χ1) is 25.0. The second-order valence-electron chi connectivity index (χ2n) is 15.5. The summed E-state index contributed by atoms with van der Waals surface area (Å²) in [5.41, 5.74) is 8.31. The molecule has 0 aliphatic carbocycles. The average molecular weight is 738 g/mol. The van der Waals surface area contributed by atoms with Gasteiger partial charge in [-0.15, -0.1) is 0 Å². The van der Waals surface area contributed by atoms with Crippen LogP contribution in [0.3, 0.4) is 0 Å². The van der Waals surface area contributed by atoms with E-state index >= 15 is 0 Å². The zero-order valence-electron chi connectivity index (χ0n) is 31.1. The number of carbonyl (C=O) groups is 3. The van der Waals surface area contributed by atoms with Crippen molar-refractivity contribution in [2.75, 3.05) is 18.4 Å². The Morgan fingerprint density at radius 1 is 1.09 bits per heavy atom. The molecule has 1 fully saturated rings. The van der Waals surface area contributed by atoms with Gasteiger partial charge in [-0.2, -0.15) is 5.26 Å². The number of aromatic nitrogens is 2. The number of rotatable bonds is 10. The number of anilines is 1. The molecular weight excluding hydrogens is 690 g/mol. The number of imidazole rings is 1. The van der Waals surface area contributed by atoms with Crippen molar-refractivity contribution in [2.24, 2.45) is 11.1 Å². The number of likely N-dealkylation sites (tertiary alicyclic amines) is 1. The average Bonchev–Trinajstić information content (AvgIpc) is 3.46. The van der Waals surface area contributed by atoms with Crippen LogP contribution in [0.4, 0.5) is 10.7 Å². The number of piperidine rings is 1. The van der Waals surface area contributed by atoms with Crippen molar-refractivity contribution in [3.63, 3.8) is 0 Å². The van der Waals surface area contributed by atoms with E-state index in [9.17, 15) is 24.8 Å². The fraction of sp³-hybridized carbons (Fsp3) is 0.390. The van der Waals surface area contributed by atoms with Gasteiger partial charge in [0, 0.05) is 35.3 Å². The van der Waals surface area contributed by atoms with Crippen molar-refractivity contribution >= 4 is 46.5 Å². The van der Waals surface area contributed by atoms with Gasteiger partial charge >= 0.3 is 6.09 Å². The first-order valence-corrected chi connectivity index (χ1v) is 18.2. The topological polar surface area (TPSA) is 158 Å². The molecule has 0 spiro atoms. The summed E-state index contributed by atoms with van der Waals surface area (Å²) in [6, 6.07) is 22.9. The number of hydrogen-bond acceptors (Lipinski definition) is 6. The van der Waals surface area contributed by atoms with Crippen molar-refractivity contribution < 1.29 is 19.5 Å². The maximum atomic E-state index is 13.6. The van der Waals surface area contributed by atoms with Crippen LogP contribution in [0.5, 0.6) is 0 Å². The molecule has 4 aromatic rings. The third-order valence-electron chi connectivity index (χ3n) is 9.85. The number of hydrogen-bond donors (Lipinski definition) is 3. The van der Waals surface area contributed by atoms with Gasteiger partial charge in [0.15, 0.2) is 0 Å². The van der Waals surface area contributed by atoms with Gasteiger partial charge in [0.1, 0.15) is 11.6 Å². The molecule has 1 saturated heterocycles. The summed E-state index contributed by atoms with van der Waals surface area (Å²) in [5.74, 6) is -0.506. The fourth-order valence-corrected chi connectivity index (χ4v) is 6.92. The second-order valence-corrected chi connectivity index (χ2v) is 15.9. The minimum Gasteiger partial charge on any atom is -0.465 e. The van der Waals surface area contributed by atoms with Crippen LogP contribution < -0.4 is 11.1 Å². The number of carbonyl (C=O) groups excluding carboxylic acids is 2. The van der Waals surface area contributed by atoms with Gasteiger partial charge in [-0.25, -0.2) is 9.78 Å². The van der Waals surface area contributed by atoms with Crippen molar-refractivity contribution in [1.82, 2.24) is 19.4 Å². The molecule has 3 amide bonds. The number of nitrogens with two attached hydrogens (primary N) is 1. The monoisotopic (exact) mass is 737 g/mol. The predicted octanol–water partition coefficient (Wildman–Crippen LogP) is 7.99. The minimum atomic E-state index is -1.02. The largest absolute Gasteiger partial charge is 0.465 e. The summed E-state index contributed by atoms with van der Waals surface area (Å²) >= 11 is 6.09. The van der Waals surface area contributed by atoms with Gasteiger partial charge in [-0.3, -0.25) is 19.8 Å². The highest BCUT2D eigenvalue weighted by Crippen LogP contribution is 2.37. The van der Waals surface area contributed by atoms with Crippen molar-refractivity contribution in [1.29, 1.82) is 5.26 Å². The van der Waals surface area contributed by atoms with Gasteiger partial charge in [0.2, 0.25) is 5.95 Å². The SMILES string of the molecule is C[C@H](N(C(=O)O)C(Cc1ccccc1)c1ccc2c(c1)nc(NC(=O)c1ccc(Cl)cc1)n2C1CCCN(C(=O)C(C#N)=CC(C)(C)N)C1)C(C)(C)C. The van der Waals surface area contributed by atoms with Crippen molar-refractivity contribution in [2.45, 2.75) is 84.5 Å². The van der Waals surface area contributed by atoms with Crippen LogP contribution in [0.2, 0.25) is 5.02 Å². The van der Waals surface area contributed by atoms with Crippen LogP contribution in [0.25, 0.3) is 11.0 Å². The number of nitrogens with one attached hydrogen (secondary N) is 1. The lowest BCUT2D eigenvalue weighted by Crippen LogP contribution is -2.47. The molecule has 0 radical (unpaired) electrons. The zero-order valence-corrected chi connectivity index (χ0v) is 31.9. The van der Waals surface area contributed by atoms with Crippen LogP contribution >= 0.6 is 11.6 Å². The number of fused-ring (bicyclic) bond motifs is 1. The molecular formula is C41H48ClN7O4. The Morgan fingerprint density at radius 2 is 1.77 bits per heavy atom. The molecule has 1 aliphatic rings. The summed E-state index contributed by atoms with van der Waals surface area (Å²) < 4.78 is 1.94. The van der Waals surface area contributed by atoms with Crippen molar-refractivity contribution in [3.05, 3.63) is 106 Å². The normalized spacial score (nSPS) is 16.5. The highest BCUT2D eigenvalue weighted by Gasteiger charge is 2.36. The Morgan fingerprint density at radius 3 is 2.38 bits per heavy atom. The molecule has 5 rings (SSSR count). The van der Waals surface area contributed by atoms with Crippen LogP contribution in [-0.4, -0.2) is 67.0 Å². The van der Waals surface area contributed by atoms with E-state index < -0.39 is 23.6 Å². The molecule has 3 aromatic carbocycles. The number of nitrogens with zero attached hydrogens (tertiary/aromatic N) is 5. The van der Waals surface area contributed by atoms with Crippen molar-refractivity contribution in [3.8, 4) is 6.07 Å². The molecule has 1 aromatic heterocycles. The number of amides is 3. The van der Waals surface area contributed by atoms with Gasteiger partial charge in [0.25, 0.3) is 11.8 Å². The highest BCUT2D eigenvalue weighted by atomic mass is 35.5. The molecule has 0 saturated carbocycles. The third kappa shape index (κ3) is 9.25. The van der Waals surface area contributed by atoms with Gasteiger partial charge in [0.05, 0.1) is 23.1 Å². The van der Waals surface area contributed by atoms with Gasteiger partial charge in [-0.1, -0.05) is 68.8 Å². The lowest BCUT2D eigenvalue weighted by Gasteiger charge is -2.41. The summed E-state index contributed by atoms with van der Waals surface area (Å²) in [4.78, 5) is 48.3. The zero-order chi connectivity index (χ0) is 38.7. The molecule has 2 heterocycles. The van der Waals surface area contributed by atoms with E-state index in [1.807, 2.05) is 86.9 Å². The van der Waals surface area contributed by atoms with Gasteiger partial charge < -0.3 is 20.3 Å². The third-order valence-corrected chi connectivity index (χ3v) is 10.1. The molecule has 12 heteroatoms. The Kier molecular flexibility index (Phi) is 11.7. The molecule has 53 heavy (non-hydrogen) atoms. The summed E-state index contributed by atoms with van der Waals surface area (Å²) in [6.07, 6.45) is 2.24. The number of benzene rings is 3. The quantitative estimate of drug-likeness (QED) is 0.110. The molecule has 11 nitrogen and oxygen atoms in total. The number of carboxylic acid groups (broad SMARTS) is 1. The lowest BCUT2D eigenvalue weighted by molar-refractivity contribution is -0.128. The Balaban J connectivity index is 1.62. The lowest BCUT2D eigenvalue weighted by atomic mass is 9.84. The van der Waals surface area contributed by atoms with E-state index in [1.165, 1.54) is 11.0 Å². The minimum absolute atomic E-state index is 0.0218. The Bertz CT molecular complexity index is 2040. The van der Waals surface area contributed by atoms with Gasteiger partial charge in [-0.05, 0) is 99.0 Å². The van der Waals surface area contributed by atoms with Crippen LogP contribution in [0.15, 0.2) is 84.4 Å².